The van der Waals surface area contributed by atoms with Crippen LogP contribution >= 0.6 is 11.6 Å². The molecule has 3 heterocycles. The number of fused-ring (bicyclic) bond motifs is 3. The molecule has 1 aliphatic carbocycles. The van der Waals surface area contributed by atoms with Crippen LogP contribution in [0.4, 0.5) is 5.69 Å². The number of ketones is 1. The van der Waals surface area contributed by atoms with Crippen LogP contribution in [-0.2, 0) is 25.2 Å². The van der Waals surface area contributed by atoms with Gasteiger partial charge in [0.2, 0.25) is 0 Å². The molecular weight excluding hydrogens is 502 g/mol. The Bertz CT molecular complexity index is 960. The summed E-state index contributed by atoms with van der Waals surface area (Å²) in [5.41, 5.74) is 2.15. The van der Waals surface area contributed by atoms with Gasteiger partial charge in [-0.1, -0.05) is 18.5 Å². The van der Waals surface area contributed by atoms with Gasteiger partial charge in [-0.05, 0) is 39.0 Å². The molecule has 0 amide bonds. The number of hydrogen-bond acceptors (Lipinski definition) is 7. The van der Waals surface area contributed by atoms with Gasteiger partial charge in [-0.25, -0.2) is 9.97 Å². The molecule has 0 spiro atoms. The maximum atomic E-state index is 12.5. The van der Waals surface area contributed by atoms with Gasteiger partial charge in [-0.2, -0.15) is 0 Å². The second-order valence-electron chi connectivity index (χ2n) is 8.78. The molecule has 1 aliphatic heterocycles. The van der Waals surface area contributed by atoms with Crippen molar-refractivity contribution in [3.63, 3.8) is 0 Å². The number of nitrogens with one attached hydrogen (secondary N) is 1. The van der Waals surface area contributed by atoms with Crippen molar-refractivity contribution in [1.82, 2.24) is 14.5 Å². The van der Waals surface area contributed by atoms with Crippen molar-refractivity contribution in [2.24, 2.45) is 11.8 Å². The quantitative estimate of drug-likeness (QED) is 0.318. The summed E-state index contributed by atoms with van der Waals surface area (Å²) in [5.74, 6) is -1.26. The minimum absolute atomic E-state index is 0. The SMILES string of the molecule is CC1CC(=O)c2c(Cl)nc3c(ncn3C3[C@@H](C)C(CO)C[C@H]3OC(C)(C)O)c2N1.[Pd]. The normalized spacial score (nSPS) is 28.9. The van der Waals surface area contributed by atoms with Crippen molar-refractivity contribution < 1.29 is 40.2 Å². The van der Waals surface area contributed by atoms with Gasteiger partial charge < -0.3 is 24.8 Å². The second kappa shape index (κ2) is 8.46. The summed E-state index contributed by atoms with van der Waals surface area (Å²) in [7, 11) is 0. The van der Waals surface area contributed by atoms with Crippen LogP contribution in [0.5, 0.6) is 0 Å². The molecule has 3 N–H and O–H groups in total. The Hall–Kier alpha value is -1.08. The molecule has 0 bridgehead atoms. The first-order valence-electron chi connectivity index (χ1n) is 9.97. The second-order valence-corrected chi connectivity index (χ2v) is 9.14. The predicted molar refractivity (Wildman–Crippen MR) is 109 cm³/mol. The Kier molecular flexibility index (Phi) is 6.65. The molecule has 5 atom stereocenters. The number of hydrogen-bond donors (Lipinski definition) is 3. The third kappa shape index (κ3) is 4.04. The van der Waals surface area contributed by atoms with Gasteiger partial charge in [0.15, 0.2) is 17.2 Å². The van der Waals surface area contributed by atoms with E-state index in [2.05, 4.69) is 22.2 Å². The topological polar surface area (TPSA) is 110 Å². The fraction of sp³-hybridized carbons (Fsp3) is 0.650. The van der Waals surface area contributed by atoms with Gasteiger partial charge >= 0.3 is 0 Å². The van der Waals surface area contributed by atoms with Crippen molar-refractivity contribution in [3.8, 4) is 0 Å². The number of rotatable bonds is 4. The van der Waals surface area contributed by atoms with Gasteiger partial charge in [0, 0.05) is 39.5 Å². The molecule has 10 heteroatoms. The van der Waals surface area contributed by atoms with Crippen LogP contribution in [0.15, 0.2) is 6.33 Å². The summed E-state index contributed by atoms with van der Waals surface area (Å²) < 4.78 is 7.84. The molecular formula is C20H27ClN4O4Pd. The van der Waals surface area contributed by atoms with Crippen LogP contribution < -0.4 is 5.32 Å². The number of anilines is 1. The molecule has 168 valence electrons. The number of ether oxygens (including phenoxy) is 1. The van der Waals surface area contributed by atoms with Crippen molar-refractivity contribution in [3.05, 3.63) is 17.0 Å². The minimum atomic E-state index is -1.31. The van der Waals surface area contributed by atoms with E-state index in [9.17, 15) is 15.0 Å². The van der Waals surface area contributed by atoms with Crippen LogP contribution in [0.3, 0.4) is 0 Å². The third-order valence-electron chi connectivity index (χ3n) is 6.02. The number of aliphatic hydroxyl groups excluding tert-OH is 1. The summed E-state index contributed by atoms with van der Waals surface area (Å²) >= 11 is 6.41. The molecule has 0 aromatic carbocycles. The van der Waals surface area contributed by atoms with E-state index in [1.807, 2.05) is 11.5 Å². The molecule has 30 heavy (non-hydrogen) atoms. The van der Waals surface area contributed by atoms with Gasteiger partial charge in [0.1, 0.15) is 10.7 Å². The van der Waals surface area contributed by atoms with Gasteiger partial charge in [-0.3, -0.25) is 4.79 Å². The van der Waals surface area contributed by atoms with E-state index in [0.29, 0.717) is 35.3 Å². The molecule has 0 saturated heterocycles. The first-order valence-corrected chi connectivity index (χ1v) is 10.3. The smallest absolute Gasteiger partial charge is 0.170 e. The fourth-order valence-electron chi connectivity index (χ4n) is 4.73. The minimum Gasteiger partial charge on any atom is -0.396 e. The Morgan fingerprint density at radius 1 is 1.40 bits per heavy atom. The molecule has 2 aromatic rings. The van der Waals surface area contributed by atoms with Gasteiger partial charge in [0.05, 0.1) is 29.7 Å². The van der Waals surface area contributed by atoms with E-state index < -0.39 is 5.79 Å². The number of carbonyl (C=O) groups is 1. The summed E-state index contributed by atoms with van der Waals surface area (Å²) in [6.45, 7) is 7.21. The van der Waals surface area contributed by atoms with E-state index in [0.717, 1.165) is 0 Å². The van der Waals surface area contributed by atoms with Crippen LogP contribution in [0, 0.1) is 11.8 Å². The van der Waals surface area contributed by atoms with E-state index in [-0.39, 0.29) is 68.0 Å². The van der Waals surface area contributed by atoms with Crippen LogP contribution in [0.2, 0.25) is 5.15 Å². The zero-order valence-electron chi connectivity index (χ0n) is 17.3. The van der Waals surface area contributed by atoms with Gasteiger partial charge in [-0.15, -0.1) is 0 Å². The van der Waals surface area contributed by atoms with E-state index in [4.69, 9.17) is 16.3 Å². The molecule has 1 fully saturated rings. The average Bonchev–Trinajstić information content (AvgIpc) is 3.13. The Balaban J connectivity index is 0.00000256. The summed E-state index contributed by atoms with van der Waals surface area (Å²) in [5, 5.41) is 23.5. The summed E-state index contributed by atoms with van der Waals surface area (Å²) in [4.78, 5) is 21.6. The zero-order chi connectivity index (χ0) is 21.1. The number of imidazole rings is 1. The van der Waals surface area contributed by atoms with E-state index in [1.165, 1.54) is 0 Å². The van der Waals surface area contributed by atoms with Crippen molar-refractivity contribution in [2.75, 3.05) is 11.9 Å². The van der Waals surface area contributed by atoms with Crippen molar-refractivity contribution >= 4 is 34.2 Å². The first-order chi connectivity index (χ1) is 13.6. The Labute approximate surface area is 194 Å². The van der Waals surface area contributed by atoms with Crippen molar-refractivity contribution in [2.45, 2.75) is 64.5 Å². The zero-order valence-corrected chi connectivity index (χ0v) is 19.6. The molecule has 1 saturated carbocycles. The Morgan fingerprint density at radius 3 is 2.73 bits per heavy atom. The Morgan fingerprint density at radius 2 is 2.10 bits per heavy atom. The number of aromatic nitrogens is 3. The number of pyridine rings is 1. The maximum Gasteiger partial charge on any atom is 0.170 e. The molecule has 2 aliphatic rings. The van der Waals surface area contributed by atoms with Gasteiger partial charge in [0.25, 0.3) is 0 Å². The van der Waals surface area contributed by atoms with Crippen LogP contribution in [-0.4, -0.2) is 55.1 Å². The molecule has 8 nitrogen and oxygen atoms in total. The largest absolute Gasteiger partial charge is 0.396 e. The van der Waals surface area contributed by atoms with Crippen LogP contribution in [0.1, 0.15) is 56.9 Å². The number of aliphatic hydroxyl groups is 2. The molecule has 4 rings (SSSR count). The standard InChI is InChI=1S/C20H27ClN4O4.Pd/c1-9-5-12(27)14-15(23-9)16-19(24-18(14)21)25(8-22-16)17-10(2)11(7-26)6-13(17)29-20(3,4)28;/h8-11,13,17,23,26,28H,5-7H2,1-4H3;/t9?,10-,11?,13+,17?;/m0./s1. The summed E-state index contributed by atoms with van der Waals surface area (Å²) in [6, 6.07) is -0.209. The first kappa shape index (κ1) is 23.6. The monoisotopic (exact) mass is 528 g/mol. The van der Waals surface area contributed by atoms with E-state index in [1.54, 1.807) is 20.2 Å². The number of nitrogens with zero attached hydrogens (tertiary/aromatic N) is 3. The predicted octanol–water partition coefficient (Wildman–Crippen LogP) is 2.77. The third-order valence-corrected chi connectivity index (χ3v) is 6.29. The van der Waals surface area contributed by atoms with Crippen molar-refractivity contribution in [1.29, 1.82) is 0 Å². The van der Waals surface area contributed by atoms with E-state index >= 15 is 0 Å². The molecule has 0 radical (unpaired) electrons. The average molecular weight is 529 g/mol. The fourth-order valence-corrected chi connectivity index (χ4v) is 5.01. The number of carbonyl (C=O) groups excluding carboxylic acids is 1. The molecule has 2 aromatic heterocycles. The number of halogens is 1. The maximum absolute atomic E-state index is 12.5. The molecule has 3 unspecified atom stereocenters. The number of Topliss-reactive ketones (excluding diaryl/α,β-unsaturated/α-hetero) is 1. The summed E-state index contributed by atoms with van der Waals surface area (Å²) in [6.07, 6.45) is 2.32. The van der Waals surface area contributed by atoms with Crippen LogP contribution in [0.25, 0.3) is 11.2 Å².